The molecule has 0 spiro atoms. The van der Waals surface area contributed by atoms with Gasteiger partial charge in [0.2, 0.25) is 0 Å². The van der Waals surface area contributed by atoms with Crippen LogP contribution in [0.25, 0.3) is 10.9 Å². The molecule has 1 aromatic carbocycles. The fourth-order valence-corrected chi connectivity index (χ4v) is 2.26. The molecule has 0 saturated carbocycles. The number of rotatable bonds is 0. The summed E-state index contributed by atoms with van der Waals surface area (Å²) >= 11 is 0. The van der Waals surface area contributed by atoms with Gasteiger partial charge in [-0.3, -0.25) is 4.98 Å². The Hall–Kier alpha value is -1.88. The molecule has 0 saturated heterocycles. The van der Waals surface area contributed by atoms with Gasteiger partial charge in [0, 0.05) is 11.6 Å². The SMILES string of the molecule is Cc1cccc2c(C(C)(C)C)c(C#N)cnc12. The second kappa shape index (κ2) is 3.85. The first-order valence-electron chi connectivity index (χ1n) is 5.74. The third-order valence-electron chi connectivity index (χ3n) is 2.97. The molecule has 2 aromatic rings. The van der Waals surface area contributed by atoms with Gasteiger partial charge in [-0.05, 0) is 23.5 Å². The van der Waals surface area contributed by atoms with Crippen LogP contribution >= 0.6 is 0 Å². The number of hydrogen-bond acceptors (Lipinski definition) is 2. The lowest BCUT2D eigenvalue weighted by atomic mass is 9.82. The van der Waals surface area contributed by atoms with Crippen molar-refractivity contribution >= 4 is 10.9 Å². The average molecular weight is 224 g/mol. The van der Waals surface area contributed by atoms with Gasteiger partial charge in [-0.2, -0.15) is 5.26 Å². The molecule has 2 nitrogen and oxygen atoms in total. The molecular formula is C15H16N2. The van der Waals surface area contributed by atoms with E-state index in [1.807, 2.05) is 19.1 Å². The number of aryl methyl sites for hydroxylation is 1. The number of pyridine rings is 1. The van der Waals surface area contributed by atoms with E-state index in [2.05, 4.69) is 37.9 Å². The summed E-state index contributed by atoms with van der Waals surface area (Å²) in [6.07, 6.45) is 1.69. The van der Waals surface area contributed by atoms with Gasteiger partial charge in [-0.1, -0.05) is 39.0 Å². The summed E-state index contributed by atoms with van der Waals surface area (Å²) in [5.74, 6) is 0. The summed E-state index contributed by atoms with van der Waals surface area (Å²) in [7, 11) is 0. The third kappa shape index (κ3) is 1.89. The Kier molecular flexibility index (Phi) is 2.63. The molecule has 0 N–H and O–H groups in total. The number of fused-ring (bicyclic) bond motifs is 1. The number of nitriles is 1. The molecular weight excluding hydrogens is 208 g/mol. The monoisotopic (exact) mass is 224 g/mol. The Labute approximate surface area is 102 Å². The zero-order chi connectivity index (χ0) is 12.6. The van der Waals surface area contributed by atoms with Crippen LogP contribution in [0.2, 0.25) is 0 Å². The molecule has 0 fully saturated rings. The topological polar surface area (TPSA) is 36.7 Å². The number of aromatic nitrogens is 1. The van der Waals surface area contributed by atoms with Crippen molar-refractivity contribution < 1.29 is 0 Å². The molecule has 0 bridgehead atoms. The third-order valence-corrected chi connectivity index (χ3v) is 2.97. The summed E-state index contributed by atoms with van der Waals surface area (Å²) in [5, 5.41) is 10.3. The van der Waals surface area contributed by atoms with Crippen LogP contribution in [0, 0.1) is 18.3 Å². The van der Waals surface area contributed by atoms with Crippen LogP contribution in [0.3, 0.4) is 0 Å². The quantitative estimate of drug-likeness (QED) is 0.684. The second-order valence-electron chi connectivity index (χ2n) is 5.38. The van der Waals surface area contributed by atoms with Crippen molar-refractivity contribution in [3.8, 4) is 6.07 Å². The van der Waals surface area contributed by atoms with Gasteiger partial charge >= 0.3 is 0 Å². The van der Waals surface area contributed by atoms with Crippen LogP contribution in [-0.2, 0) is 5.41 Å². The lowest BCUT2D eigenvalue weighted by Gasteiger charge is -2.22. The van der Waals surface area contributed by atoms with Crippen molar-refractivity contribution in [1.29, 1.82) is 5.26 Å². The lowest BCUT2D eigenvalue weighted by molar-refractivity contribution is 0.593. The van der Waals surface area contributed by atoms with Crippen LogP contribution < -0.4 is 0 Å². The molecule has 86 valence electrons. The summed E-state index contributed by atoms with van der Waals surface area (Å²) in [5.41, 5.74) is 3.86. The number of benzene rings is 1. The highest BCUT2D eigenvalue weighted by Crippen LogP contribution is 2.32. The Morgan fingerprint density at radius 3 is 2.53 bits per heavy atom. The van der Waals surface area contributed by atoms with Crippen molar-refractivity contribution in [1.82, 2.24) is 4.98 Å². The molecule has 1 aromatic heterocycles. The summed E-state index contributed by atoms with van der Waals surface area (Å²) in [6, 6.07) is 8.38. The molecule has 0 unspecified atom stereocenters. The molecule has 2 rings (SSSR count). The zero-order valence-electron chi connectivity index (χ0n) is 10.7. The molecule has 0 amide bonds. The maximum Gasteiger partial charge on any atom is 0.101 e. The second-order valence-corrected chi connectivity index (χ2v) is 5.38. The molecule has 0 aliphatic heterocycles. The van der Waals surface area contributed by atoms with Crippen LogP contribution in [0.5, 0.6) is 0 Å². The average Bonchev–Trinajstić information content (AvgIpc) is 2.26. The Balaban J connectivity index is 2.96. The highest BCUT2D eigenvalue weighted by Gasteiger charge is 2.21. The molecule has 1 heterocycles. The molecule has 17 heavy (non-hydrogen) atoms. The van der Waals surface area contributed by atoms with Gasteiger partial charge in [0.15, 0.2) is 0 Å². The van der Waals surface area contributed by atoms with Gasteiger partial charge < -0.3 is 0 Å². The van der Waals surface area contributed by atoms with Gasteiger partial charge in [0.25, 0.3) is 0 Å². The molecule has 0 aliphatic rings. The molecule has 2 heteroatoms. The molecule has 0 atom stereocenters. The van der Waals surface area contributed by atoms with E-state index in [-0.39, 0.29) is 5.41 Å². The van der Waals surface area contributed by atoms with Gasteiger partial charge in [0.05, 0.1) is 11.1 Å². The van der Waals surface area contributed by atoms with E-state index in [9.17, 15) is 5.26 Å². The van der Waals surface area contributed by atoms with E-state index in [1.165, 1.54) is 0 Å². The van der Waals surface area contributed by atoms with E-state index in [1.54, 1.807) is 6.20 Å². The smallest absolute Gasteiger partial charge is 0.101 e. The van der Waals surface area contributed by atoms with Crippen molar-refractivity contribution in [2.24, 2.45) is 0 Å². The highest BCUT2D eigenvalue weighted by molar-refractivity contribution is 5.87. The van der Waals surface area contributed by atoms with E-state index >= 15 is 0 Å². The highest BCUT2D eigenvalue weighted by atomic mass is 14.7. The lowest BCUT2D eigenvalue weighted by Crippen LogP contribution is -2.14. The first-order chi connectivity index (χ1) is 7.95. The minimum Gasteiger partial charge on any atom is -0.255 e. The maximum absolute atomic E-state index is 9.22. The van der Waals surface area contributed by atoms with Crippen molar-refractivity contribution in [3.63, 3.8) is 0 Å². The van der Waals surface area contributed by atoms with Crippen molar-refractivity contribution in [2.75, 3.05) is 0 Å². The van der Waals surface area contributed by atoms with Crippen LogP contribution in [0.15, 0.2) is 24.4 Å². The predicted octanol–water partition coefficient (Wildman–Crippen LogP) is 3.71. The minimum atomic E-state index is -0.0555. The van der Waals surface area contributed by atoms with Crippen LogP contribution in [0.4, 0.5) is 0 Å². The van der Waals surface area contributed by atoms with Gasteiger partial charge in [-0.15, -0.1) is 0 Å². The zero-order valence-corrected chi connectivity index (χ0v) is 10.7. The Bertz CT molecular complexity index is 613. The van der Waals surface area contributed by atoms with E-state index in [0.29, 0.717) is 5.56 Å². The van der Waals surface area contributed by atoms with E-state index < -0.39 is 0 Å². The van der Waals surface area contributed by atoms with Gasteiger partial charge in [0.1, 0.15) is 6.07 Å². The fraction of sp³-hybridized carbons (Fsp3) is 0.333. The fourth-order valence-electron chi connectivity index (χ4n) is 2.26. The number of nitrogens with zero attached hydrogens (tertiary/aromatic N) is 2. The van der Waals surface area contributed by atoms with Gasteiger partial charge in [-0.25, -0.2) is 0 Å². The first-order valence-corrected chi connectivity index (χ1v) is 5.74. The summed E-state index contributed by atoms with van der Waals surface area (Å²) < 4.78 is 0. The number of para-hydroxylation sites is 1. The maximum atomic E-state index is 9.22. The number of hydrogen-bond donors (Lipinski definition) is 0. The standard InChI is InChI=1S/C15H16N2/c1-10-6-5-7-12-13(15(2,3)4)11(8-16)9-17-14(10)12/h5-7,9H,1-4H3. The molecule has 0 radical (unpaired) electrons. The predicted molar refractivity (Wildman–Crippen MR) is 69.9 cm³/mol. The van der Waals surface area contributed by atoms with E-state index in [4.69, 9.17) is 0 Å². The normalized spacial score (nSPS) is 11.5. The Morgan fingerprint density at radius 1 is 1.24 bits per heavy atom. The first kappa shape index (κ1) is 11.6. The largest absolute Gasteiger partial charge is 0.255 e. The summed E-state index contributed by atoms with van der Waals surface area (Å²) in [4.78, 5) is 4.40. The van der Waals surface area contributed by atoms with Crippen LogP contribution in [0.1, 0.15) is 37.5 Å². The molecule has 0 aliphatic carbocycles. The van der Waals surface area contributed by atoms with Crippen molar-refractivity contribution in [3.05, 3.63) is 41.1 Å². The summed E-state index contributed by atoms with van der Waals surface area (Å²) in [6.45, 7) is 8.44. The van der Waals surface area contributed by atoms with E-state index in [0.717, 1.165) is 22.0 Å². The van der Waals surface area contributed by atoms with Crippen LogP contribution in [-0.4, -0.2) is 4.98 Å². The van der Waals surface area contributed by atoms with Crippen molar-refractivity contribution in [2.45, 2.75) is 33.1 Å². The minimum absolute atomic E-state index is 0.0555. The Morgan fingerprint density at radius 2 is 1.94 bits per heavy atom.